The number of nitrogens with zero attached hydrogens (tertiary/aromatic N) is 2. The SMILES string of the molecule is CCCN(CCC)S(=O)(=O)c1ccc(C(=O)N2CCNC[C@@H]2C)cc1.Cl. The van der Waals surface area contributed by atoms with Gasteiger partial charge in [-0.3, -0.25) is 4.79 Å². The van der Waals surface area contributed by atoms with E-state index in [4.69, 9.17) is 0 Å². The van der Waals surface area contributed by atoms with Gasteiger partial charge in [-0.1, -0.05) is 13.8 Å². The summed E-state index contributed by atoms with van der Waals surface area (Å²) in [4.78, 5) is 14.7. The Bertz CT molecular complexity index is 673. The number of piperazine rings is 1. The Labute approximate surface area is 163 Å². The predicted molar refractivity (Wildman–Crippen MR) is 106 cm³/mol. The van der Waals surface area contributed by atoms with Crippen molar-refractivity contribution in [2.45, 2.75) is 44.6 Å². The van der Waals surface area contributed by atoms with E-state index in [9.17, 15) is 13.2 Å². The van der Waals surface area contributed by atoms with Crippen LogP contribution in [0.3, 0.4) is 0 Å². The summed E-state index contributed by atoms with van der Waals surface area (Å²) in [7, 11) is -3.51. The van der Waals surface area contributed by atoms with E-state index in [1.165, 1.54) is 4.31 Å². The highest BCUT2D eigenvalue weighted by Crippen LogP contribution is 2.19. The third kappa shape index (κ3) is 5.19. The van der Waals surface area contributed by atoms with Crippen molar-refractivity contribution in [3.63, 3.8) is 0 Å². The zero-order valence-electron chi connectivity index (χ0n) is 15.8. The molecule has 1 saturated heterocycles. The van der Waals surface area contributed by atoms with E-state index in [1.54, 1.807) is 24.3 Å². The van der Waals surface area contributed by atoms with Gasteiger partial charge < -0.3 is 10.2 Å². The van der Waals surface area contributed by atoms with Gasteiger partial charge >= 0.3 is 0 Å². The second-order valence-corrected chi connectivity index (χ2v) is 8.42. The van der Waals surface area contributed by atoms with Crippen LogP contribution >= 0.6 is 12.4 Å². The van der Waals surface area contributed by atoms with E-state index in [0.29, 0.717) is 25.2 Å². The number of hydrogen-bond donors (Lipinski definition) is 1. The molecule has 1 aromatic carbocycles. The zero-order chi connectivity index (χ0) is 18.4. The van der Waals surface area contributed by atoms with Crippen molar-refractivity contribution < 1.29 is 13.2 Å². The molecule has 1 aliphatic heterocycles. The van der Waals surface area contributed by atoms with Crippen LogP contribution in [0.1, 0.15) is 44.0 Å². The van der Waals surface area contributed by atoms with Gasteiger partial charge in [-0.15, -0.1) is 12.4 Å². The van der Waals surface area contributed by atoms with Crippen LogP contribution in [-0.2, 0) is 10.0 Å². The van der Waals surface area contributed by atoms with Crippen molar-refractivity contribution in [2.24, 2.45) is 0 Å². The molecule has 148 valence electrons. The normalized spacial score (nSPS) is 17.8. The molecule has 0 aromatic heterocycles. The van der Waals surface area contributed by atoms with Crippen LogP contribution in [0.25, 0.3) is 0 Å². The molecule has 8 heteroatoms. The second kappa shape index (κ2) is 10.3. The number of halogens is 1. The van der Waals surface area contributed by atoms with Crippen molar-refractivity contribution in [1.29, 1.82) is 0 Å². The van der Waals surface area contributed by atoms with Crippen molar-refractivity contribution in [1.82, 2.24) is 14.5 Å². The highest BCUT2D eigenvalue weighted by atomic mass is 35.5. The molecule has 0 unspecified atom stereocenters. The summed E-state index contributed by atoms with van der Waals surface area (Å²) in [5, 5.41) is 3.26. The van der Waals surface area contributed by atoms with Gasteiger partial charge in [0.25, 0.3) is 5.91 Å². The first-order chi connectivity index (χ1) is 11.9. The van der Waals surface area contributed by atoms with Crippen molar-refractivity contribution in [3.05, 3.63) is 29.8 Å². The average Bonchev–Trinajstić information content (AvgIpc) is 2.61. The lowest BCUT2D eigenvalue weighted by Crippen LogP contribution is -2.52. The van der Waals surface area contributed by atoms with Gasteiger partial charge in [0.15, 0.2) is 0 Å². The summed E-state index contributed by atoms with van der Waals surface area (Å²) in [6.45, 7) is 9.19. The molecule has 0 bridgehead atoms. The molecule has 1 fully saturated rings. The molecule has 0 saturated carbocycles. The van der Waals surface area contributed by atoms with E-state index in [2.05, 4.69) is 5.32 Å². The summed E-state index contributed by atoms with van der Waals surface area (Å²) in [6.07, 6.45) is 1.55. The van der Waals surface area contributed by atoms with Crippen molar-refractivity contribution in [3.8, 4) is 0 Å². The number of carbonyl (C=O) groups excluding carboxylic acids is 1. The monoisotopic (exact) mass is 403 g/mol. The van der Waals surface area contributed by atoms with Gasteiger partial charge in [-0.05, 0) is 44.0 Å². The largest absolute Gasteiger partial charge is 0.333 e. The molecule has 6 nitrogen and oxygen atoms in total. The number of hydrogen-bond acceptors (Lipinski definition) is 4. The van der Waals surface area contributed by atoms with E-state index in [-0.39, 0.29) is 29.3 Å². The minimum absolute atomic E-state index is 0. The molecule has 26 heavy (non-hydrogen) atoms. The third-order valence-corrected chi connectivity index (χ3v) is 6.36. The molecule has 1 heterocycles. The Morgan fingerprint density at radius 3 is 2.27 bits per heavy atom. The lowest BCUT2D eigenvalue weighted by Gasteiger charge is -2.34. The lowest BCUT2D eigenvalue weighted by atomic mass is 10.1. The van der Waals surface area contributed by atoms with Crippen LogP contribution in [0.2, 0.25) is 0 Å². The summed E-state index contributed by atoms with van der Waals surface area (Å²) in [5.74, 6) is -0.0445. The maximum atomic E-state index is 12.8. The maximum Gasteiger partial charge on any atom is 0.254 e. The predicted octanol–water partition coefficient (Wildman–Crippen LogP) is 2.35. The third-order valence-electron chi connectivity index (χ3n) is 4.45. The molecule has 1 aliphatic rings. The number of benzene rings is 1. The molecule has 1 N–H and O–H groups in total. The zero-order valence-corrected chi connectivity index (χ0v) is 17.4. The molecule has 1 aromatic rings. The van der Waals surface area contributed by atoms with Crippen LogP contribution in [0.4, 0.5) is 0 Å². The Morgan fingerprint density at radius 1 is 1.19 bits per heavy atom. The van der Waals surface area contributed by atoms with Gasteiger partial charge in [0, 0.05) is 44.3 Å². The second-order valence-electron chi connectivity index (χ2n) is 6.48. The quantitative estimate of drug-likeness (QED) is 0.758. The first-order valence-corrected chi connectivity index (χ1v) is 10.5. The standard InChI is InChI=1S/C18H29N3O3S.ClH/c1-4-11-20(12-5-2)25(23,24)17-8-6-16(7-9-17)18(22)21-13-10-19-14-15(21)3;/h6-9,15,19H,4-5,10-14H2,1-3H3;1H/t15-;/m0./s1. The maximum absolute atomic E-state index is 12.8. The molecule has 0 aliphatic carbocycles. The van der Waals surface area contributed by atoms with Crippen LogP contribution in [0.15, 0.2) is 29.2 Å². The van der Waals surface area contributed by atoms with Gasteiger partial charge in [0.1, 0.15) is 0 Å². The lowest BCUT2D eigenvalue weighted by molar-refractivity contribution is 0.0655. The molecule has 1 amide bonds. The van der Waals surface area contributed by atoms with E-state index in [0.717, 1.165) is 25.9 Å². The number of amides is 1. The molecular weight excluding hydrogens is 374 g/mol. The fraction of sp³-hybridized carbons (Fsp3) is 0.611. The molecule has 0 radical (unpaired) electrons. The summed E-state index contributed by atoms with van der Waals surface area (Å²) in [5.41, 5.74) is 0.533. The molecule has 0 spiro atoms. The Hall–Kier alpha value is -1.15. The Morgan fingerprint density at radius 2 is 1.77 bits per heavy atom. The van der Waals surface area contributed by atoms with Gasteiger partial charge in [0.2, 0.25) is 10.0 Å². The molecule has 1 atom stereocenters. The first kappa shape index (κ1) is 22.9. The van der Waals surface area contributed by atoms with E-state index >= 15 is 0 Å². The molecular formula is C18H30ClN3O3S. The van der Waals surface area contributed by atoms with Crippen LogP contribution in [0, 0.1) is 0 Å². The van der Waals surface area contributed by atoms with Crippen LogP contribution < -0.4 is 5.32 Å². The highest BCUT2D eigenvalue weighted by molar-refractivity contribution is 7.89. The summed E-state index contributed by atoms with van der Waals surface area (Å²) >= 11 is 0. The number of carbonyl (C=O) groups is 1. The number of nitrogens with one attached hydrogen (secondary N) is 1. The van der Waals surface area contributed by atoms with Crippen LogP contribution in [0.5, 0.6) is 0 Å². The van der Waals surface area contributed by atoms with Crippen molar-refractivity contribution >= 4 is 28.3 Å². The number of sulfonamides is 1. The van der Waals surface area contributed by atoms with E-state index < -0.39 is 10.0 Å². The fourth-order valence-electron chi connectivity index (χ4n) is 3.08. The fourth-order valence-corrected chi connectivity index (χ4v) is 4.70. The number of rotatable bonds is 7. The van der Waals surface area contributed by atoms with Gasteiger partial charge in [0.05, 0.1) is 4.90 Å². The Balaban J connectivity index is 0.00000338. The first-order valence-electron chi connectivity index (χ1n) is 9.03. The van der Waals surface area contributed by atoms with Crippen molar-refractivity contribution in [2.75, 3.05) is 32.7 Å². The average molecular weight is 404 g/mol. The van der Waals surface area contributed by atoms with Gasteiger partial charge in [-0.2, -0.15) is 4.31 Å². The van der Waals surface area contributed by atoms with E-state index in [1.807, 2.05) is 25.7 Å². The Kier molecular flexibility index (Phi) is 9.03. The molecule has 2 rings (SSSR count). The minimum atomic E-state index is -3.51. The van der Waals surface area contributed by atoms with Crippen LogP contribution in [-0.4, -0.2) is 62.3 Å². The summed E-state index contributed by atoms with van der Waals surface area (Å²) in [6, 6.07) is 6.48. The highest BCUT2D eigenvalue weighted by Gasteiger charge is 2.26. The topological polar surface area (TPSA) is 69.7 Å². The van der Waals surface area contributed by atoms with Gasteiger partial charge in [-0.25, -0.2) is 8.42 Å². The summed E-state index contributed by atoms with van der Waals surface area (Å²) < 4.78 is 27.1. The smallest absolute Gasteiger partial charge is 0.254 e. The minimum Gasteiger partial charge on any atom is -0.333 e.